The minimum absolute atomic E-state index is 0.0663. The average Bonchev–Trinajstić information content (AvgIpc) is 3.47. The Hall–Kier alpha value is -2.63. The molecule has 0 aromatic rings. The molecule has 6 nitrogen and oxygen atoms in total. The second-order valence-corrected chi connectivity index (χ2v) is 24.8. The van der Waals surface area contributed by atoms with E-state index in [1.807, 2.05) is 0 Å². The number of ether oxygens (including phenoxy) is 3. The van der Waals surface area contributed by atoms with Gasteiger partial charge in [0, 0.05) is 19.3 Å². The molecule has 0 aromatic heterocycles. The molecule has 82 heavy (non-hydrogen) atoms. The second kappa shape index (κ2) is 70.9. The van der Waals surface area contributed by atoms with Crippen LogP contribution in [0.1, 0.15) is 400 Å². The highest BCUT2D eigenvalue weighted by molar-refractivity contribution is 5.71. The van der Waals surface area contributed by atoms with Gasteiger partial charge < -0.3 is 14.2 Å². The van der Waals surface area contributed by atoms with Crippen LogP contribution in [-0.4, -0.2) is 37.2 Å². The fraction of sp³-hybridized carbons (Fsp3) is 0.855. The summed E-state index contributed by atoms with van der Waals surface area (Å²) in [5.74, 6) is -0.852. The summed E-state index contributed by atoms with van der Waals surface area (Å²) in [6, 6.07) is 0. The minimum Gasteiger partial charge on any atom is -0.462 e. The van der Waals surface area contributed by atoms with Crippen molar-refractivity contribution < 1.29 is 28.6 Å². The monoisotopic (exact) mass is 1150 g/mol. The first-order chi connectivity index (χ1) is 40.5. The van der Waals surface area contributed by atoms with Gasteiger partial charge >= 0.3 is 17.9 Å². The largest absolute Gasteiger partial charge is 0.462 e. The highest BCUT2D eigenvalue weighted by Crippen LogP contribution is 2.19. The van der Waals surface area contributed by atoms with E-state index in [2.05, 4.69) is 69.4 Å². The standard InChI is InChI=1S/C76H140O6/c1-4-7-10-13-15-17-19-21-23-25-27-29-31-33-35-36-37-38-39-40-41-43-44-46-48-50-52-54-56-58-60-63-66-69-75(78)81-72-73(71-80-74(77)68-65-62-12-9-6-3)82-76(79)70-67-64-61-59-57-55-53-51-49-47-45-42-34-32-30-28-26-24-22-20-18-16-14-11-8-5-2/h7,10,15,17,21,23,27,29,73H,4-6,8-9,11-14,16,18-20,22,24-26,28,30-72H2,1-3H3/b10-7-,17-15-,23-21-,29-27-. The lowest BCUT2D eigenvalue weighted by molar-refractivity contribution is -0.167. The first-order valence-electron chi connectivity index (χ1n) is 36.6. The highest BCUT2D eigenvalue weighted by Gasteiger charge is 2.19. The Morgan fingerprint density at radius 1 is 0.256 bits per heavy atom. The predicted octanol–water partition coefficient (Wildman–Crippen LogP) is 25.3. The molecule has 0 amide bonds. The lowest BCUT2D eigenvalue weighted by atomic mass is 10.0. The summed E-state index contributed by atoms with van der Waals surface area (Å²) in [6.45, 7) is 6.52. The van der Waals surface area contributed by atoms with E-state index in [0.29, 0.717) is 19.3 Å². The fourth-order valence-corrected chi connectivity index (χ4v) is 11.1. The van der Waals surface area contributed by atoms with Gasteiger partial charge in [0.15, 0.2) is 6.10 Å². The minimum atomic E-state index is -0.765. The molecule has 0 radical (unpaired) electrons. The van der Waals surface area contributed by atoms with E-state index >= 15 is 0 Å². The third kappa shape index (κ3) is 68.2. The van der Waals surface area contributed by atoms with Crippen molar-refractivity contribution in [3.8, 4) is 0 Å². The smallest absolute Gasteiger partial charge is 0.306 e. The summed E-state index contributed by atoms with van der Waals surface area (Å²) in [6.07, 6.45) is 90.8. The van der Waals surface area contributed by atoms with Crippen LogP contribution in [0.2, 0.25) is 0 Å². The Labute approximate surface area is 511 Å². The van der Waals surface area contributed by atoms with Crippen LogP contribution in [0.4, 0.5) is 0 Å². The molecule has 0 aliphatic heterocycles. The second-order valence-electron chi connectivity index (χ2n) is 24.8. The van der Waals surface area contributed by atoms with Crippen molar-refractivity contribution in [2.24, 2.45) is 0 Å². The lowest BCUT2D eigenvalue weighted by Crippen LogP contribution is -2.30. The maximum Gasteiger partial charge on any atom is 0.306 e. The Balaban J connectivity index is 3.89. The van der Waals surface area contributed by atoms with Gasteiger partial charge in [-0.3, -0.25) is 14.4 Å². The molecule has 0 aliphatic rings. The summed E-state index contributed by atoms with van der Waals surface area (Å²) < 4.78 is 16.8. The number of carbonyl (C=O) groups is 3. The van der Waals surface area contributed by atoms with E-state index in [-0.39, 0.29) is 31.1 Å². The van der Waals surface area contributed by atoms with Crippen molar-refractivity contribution >= 4 is 17.9 Å². The van der Waals surface area contributed by atoms with Crippen LogP contribution in [0, 0.1) is 0 Å². The Bertz CT molecular complexity index is 1410. The number of hydrogen-bond donors (Lipinski definition) is 0. The average molecular weight is 1150 g/mol. The van der Waals surface area contributed by atoms with E-state index in [1.54, 1.807) is 0 Å². The zero-order valence-corrected chi connectivity index (χ0v) is 55.3. The zero-order chi connectivity index (χ0) is 59.2. The van der Waals surface area contributed by atoms with Gasteiger partial charge in [0.25, 0.3) is 0 Å². The molecule has 0 saturated carbocycles. The van der Waals surface area contributed by atoms with Gasteiger partial charge in [-0.25, -0.2) is 0 Å². The lowest BCUT2D eigenvalue weighted by Gasteiger charge is -2.18. The molecule has 0 bridgehead atoms. The molecule has 1 atom stereocenters. The summed E-state index contributed by atoms with van der Waals surface area (Å²) in [5, 5.41) is 0. The summed E-state index contributed by atoms with van der Waals surface area (Å²) >= 11 is 0. The van der Waals surface area contributed by atoms with Crippen molar-refractivity contribution in [1.29, 1.82) is 0 Å². The van der Waals surface area contributed by atoms with Crippen molar-refractivity contribution in [2.75, 3.05) is 13.2 Å². The number of carbonyl (C=O) groups excluding carboxylic acids is 3. The molecule has 0 N–H and O–H groups in total. The molecule has 0 rings (SSSR count). The molecule has 0 heterocycles. The number of hydrogen-bond acceptors (Lipinski definition) is 6. The van der Waals surface area contributed by atoms with Gasteiger partial charge in [-0.05, 0) is 57.8 Å². The topological polar surface area (TPSA) is 78.9 Å². The van der Waals surface area contributed by atoms with Crippen molar-refractivity contribution in [3.05, 3.63) is 48.6 Å². The Morgan fingerprint density at radius 2 is 0.476 bits per heavy atom. The van der Waals surface area contributed by atoms with Crippen LogP contribution in [0.3, 0.4) is 0 Å². The zero-order valence-electron chi connectivity index (χ0n) is 55.3. The van der Waals surface area contributed by atoms with E-state index in [4.69, 9.17) is 14.2 Å². The van der Waals surface area contributed by atoms with Crippen LogP contribution in [0.5, 0.6) is 0 Å². The predicted molar refractivity (Wildman–Crippen MR) is 358 cm³/mol. The van der Waals surface area contributed by atoms with Crippen molar-refractivity contribution in [1.82, 2.24) is 0 Å². The van der Waals surface area contributed by atoms with Crippen LogP contribution >= 0.6 is 0 Å². The fourth-order valence-electron chi connectivity index (χ4n) is 11.1. The van der Waals surface area contributed by atoms with Crippen LogP contribution in [0.25, 0.3) is 0 Å². The number of esters is 3. The Morgan fingerprint density at radius 3 is 0.744 bits per heavy atom. The van der Waals surface area contributed by atoms with E-state index in [0.717, 1.165) is 89.9 Å². The summed E-state index contributed by atoms with van der Waals surface area (Å²) in [5.41, 5.74) is 0. The van der Waals surface area contributed by atoms with Gasteiger partial charge in [0.05, 0.1) is 0 Å². The number of unbranched alkanes of at least 4 members (excludes halogenated alkanes) is 49. The first kappa shape index (κ1) is 79.4. The molecule has 0 spiro atoms. The first-order valence-corrected chi connectivity index (χ1v) is 36.6. The normalized spacial score (nSPS) is 12.3. The van der Waals surface area contributed by atoms with Crippen molar-refractivity contribution in [3.63, 3.8) is 0 Å². The van der Waals surface area contributed by atoms with E-state index in [1.165, 1.54) is 270 Å². The maximum absolute atomic E-state index is 12.9. The quantitative estimate of drug-likeness (QED) is 0.0261. The molecule has 0 saturated heterocycles. The molecular weight excluding hydrogens is 1010 g/mol. The third-order valence-corrected chi connectivity index (χ3v) is 16.6. The molecule has 0 fully saturated rings. The maximum atomic E-state index is 12.9. The van der Waals surface area contributed by atoms with Gasteiger partial charge in [-0.1, -0.05) is 371 Å². The van der Waals surface area contributed by atoms with Gasteiger partial charge in [-0.2, -0.15) is 0 Å². The molecule has 6 heteroatoms. The summed E-state index contributed by atoms with van der Waals surface area (Å²) in [4.78, 5) is 38.0. The van der Waals surface area contributed by atoms with Gasteiger partial charge in [0.1, 0.15) is 13.2 Å². The van der Waals surface area contributed by atoms with Crippen LogP contribution < -0.4 is 0 Å². The van der Waals surface area contributed by atoms with Crippen LogP contribution in [0.15, 0.2) is 48.6 Å². The molecule has 0 aromatic carbocycles. The molecule has 480 valence electrons. The molecular formula is C76H140O6. The van der Waals surface area contributed by atoms with Gasteiger partial charge in [0.2, 0.25) is 0 Å². The third-order valence-electron chi connectivity index (χ3n) is 16.6. The SMILES string of the molecule is CC/C=C\C/C=C\C/C=C\C/C=C\CCCCCCCCCCCCCCCCCCCCCCC(=O)OCC(COC(=O)CCCCCCC)OC(=O)CCCCCCCCCCCCCCCCCCCCCCCCCCCC. The molecule has 0 aliphatic carbocycles. The van der Waals surface area contributed by atoms with Crippen molar-refractivity contribution in [2.45, 2.75) is 406 Å². The van der Waals surface area contributed by atoms with Crippen LogP contribution in [-0.2, 0) is 28.6 Å². The molecule has 1 unspecified atom stereocenters. The van der Waals surface area contributed by atoms with E-state index in [9.17, 15) is 14.4 Å². The van der Waals surface area contributed by atoms with Gasteiger partial charge in [-0.15, -0.1) is 0 Å². The van der Waals surface area contributed by atoms with E-state index < -0.39 is 6.10 Å². The summed E-state index contributed by atoms with van der Waals surface area (Å²) in [7, 11) is 0. The number of allylic oxidation sites excluding steroid dienone is 8. The highest BCUT2D eigenvalue weighted by atomic mass is 16.6. The Kier molecular flexibility index (Phi) is 68.6. The number of rotatable bonds is 68.